The summed E-state index contributed by atoms with van der Waals surface area (Å²) in [6.45, 7) is 1.28. The van der Waals surface area contributed by atoms with Crippen molar-refractivity contribution in [2.24, 2.45) is 0 Å². The van der Waals surface area contributed by atoms with Gasteiger partial charge < -0.3 is 20.1 Å². The number of rotatable bonds is 6. The van der Waals surface area contributed by atoms with Crippen LogP contribution in [0.1, 0.15) is 42.7 Å². The second-order valence-electron chi connectivity index (χ2n) is 5.43. The fourth-order valence-corrected chi connectivity index (χ4v) is 2.47. The summed E-state index contributed by atoms with van der Waals surface area (Å²) in [4.78, 5) is 22.7. The van der Waals surface area contributed by atoms with E-state index in [-0.39, 0.29) is 12.5 Å². The molecule has 0 aliphatic heterocycles. The number of aromatic nitrogens is 1. The summed E-state index contributed by atoms with van der Waals surface area (Å²) < 4.78 is 2.73. The zero-order valence-electron chi connectivity index (χ0n) is 11.1. The van der Waals surface area contributed by atoms with Gasteiger partial charge in [-0.15, -0.1) is 0 Å². The van der Waals surface area contributed by atoms with Gasteiger partial charge in [0.25, 0.3) is 5.91 Å². The maximum atomic E-state index is 12.1. The lowest BCUT2D eigenvalue weighted by molar-refractivity contribution is -0.141. The van der Waals surface area contributed by atoms with Crippen LogP contribution in [0, 0.1) is 0 Å². The minimum Gasteiger partial charge on any atom is -0.481 e. The second-order valence-corrected chi connectivity index (χ2v) is 6.35. The molecule has 7 heteroatoms. The number of carboxylic acids is 1. The summed E-state index contributed by atoms with van der Waals surface area (Å²) in [7, 11) is 0. The Labute approximate surface area is 124 Å². The van der Waals surface area contributed by atoms with Crippen LogP contribution >= 0.6 is 15.9 Å². The van der Waals surface area contributed by atoms with Crippen LogP contribution < -0.4 is 5.32 Å². The molecular weight excluding hydrogens is 328 g/mol. The normalized spacial score (nSPS) is 17.6. The van der Waals surface area contributed by atoms with Crippen molar-refractivity contribution in [2.45, 2.75) is 37.8 Å². The molecule has 1 aromatic heterocycles. The van der Waals surface area contributed by atoms with Gasteiger partial charge >= 0.3 is 5.97 Å². The average molecular weight is 345 g/mol. The van der Waals surface area contributed by atoms with Gasteiger partial charge in [0.1, 0.15) is 5.69 Å². The Balaban J connectivity index is 2.00. The quantitative estimate of drug-likeness (QED) is 0.729. The van der Waals surface area contributed by atoms with Gasteiger partial charge in [-0.3, -0.25) is 9.59 Å². The molecule has 0 spiro atoms. The molecule has 0 aromatic carbocycles. The number of hydrogen-bond acceptors (Lipinski definition) is 3. The molecular formula is C13H17BrN2O4. The summed E-state index contributed by atoms with van der Waals surface area (Å²) in [6.07, 6.45) is 3.55. The van der Waals surface area contributed by atoms with E-state index in [1.165, 1.54) is 6.92 Å². The van der Waals surface area contributed by atoms with Gasteiger partial charge in [-0.2, -0.15) is 0 Å². The van der Waals surface area contributed by atoms with E-state index in [4.69, 9.17) is 5.11 Å². The van der Waals surface area contributed by atoms with Crippen molar-refractivity contribution in [2.75, 3.05) is 6.54 Å². The van der Waals surface area contributed by atoms with Gasteiger partial charge in [0, 0.05) is 23.3 Å². The summed E-state index contributed by atoms with van der Waals surface area (Å²) in [6, 6.07) is 2.08. The lowest BCUT2D eigenvalue weighted by atomic mass is 10.0. The van der Waals surface area contributed by atoms with Gasteiger partial charge in [0.2, 0.25) is 0 Å². The number of aliphatic hydroxyl groups is 1. The maximum Gasteiger partial charge on any atom is 0.306 e. The van der Waals surface area contributed by atoms with Crippen molar-refractivity contribution in [1.29, 1.82) is 0 Å². The molecule has 1 fully saturated rings. The van der Waals surface area contributed by atoms with E-state index >= 15 is 0 Å². The Kier molecular flexibility index (Phi) is 4.19. The van der Waals surface area contributed by atoms with E-state index in [1.807, 2.05) is 10.8 Å². The number of aliphatic carboxylic acids is 1. The Hall–Kier alpha value is -1.34. The lowest BCUT2D eigenvalue weighted by Gasteiger charge is -2.21. The Bertz CT molecular complexity index is 534. The lowest BCUT2D eigenvalue weighted by Crippen LogP contribution is -2.42. The molecule has 1 heterocycles. The van der Waals surface area contributed by atoms with Crippen LogP contribution in [0.4, 0.5) is 0 Å². The summed E-state index contributed by atoms with van der Waals surface area (Å²) in [5, 5.41) is 21.1. The number of hydrogen-bond donors (Lipinski definition) is 3. The van der Waals surface area contributed by atoms with Crippen LogP contribution in [0.15, 0.2) is 16.7 Å². The minimum absolute atomic E-state index is 0.106. The topological polar surface area (TPSA) is 91.6 Å². The number of amides is 1. The molecule has 3 N–H and O–H groups in total. The van der Waals surface area contributed by atoms with Crippen molar-refractivity contribution in [1.82, 2.24) is 9.88 Å². The van der Waals surface area contributed by atoms with Gasteiger partial charge in [0.05, 0.1) is 12.0 Å². The first-order valence-corrected chi connectivity index (χ1v) is 7.17. The van der Waals surface area contributed by atoms with E-state index in [9.17, 15) is 14.7 Å². The van der Waals surface area contributed by atoms with Crippen LogP contribution in [0.25, 0.3) is 0 Å². The van der Waals surface area contributed by atoms with E-state index < -0.39 is 18.0 Å². The van der Waals surface area contributed by atoms with Gasteiger partial charge in [-0.05, 0) is 41.8 Å². The van der Waals surface area contributed by atoms with Crippen molar-refractivity contribution >= 4 is 27.8 Å². The number of carbonyl (C=O) groups is 2. The van der Waals surface area contributed by atoms with E-state index in [0.29, 0.717) is 11.7 Å². The zero-order chi connectivity index (χ0) is 14.9. The molecule has 1 amide bonds. The first kappa shape index (κ1) is 15.1. The third-order valence-corrected chi connectivity index (χ3v) is 3.58. The molecule has 6 nitrogen and oxygen atoms in total. The molecule has 0 saturated heterocycles. The standard InChI is InChI=1S/C13H17BrN2O4/c1-13(20,5-11(17)18)7-15-12(19)10-4-8(14)6-16(10)9-2-3-9/h4,6,9,20H,2-3,5,7H2,1H3,(H,15,19)(H,17,18). The monoisotopic (exact) mass is 344 g/mol. The highest BCUT2D eigenvalue weighted by Crippen LogP contribution is 2.37. The average Bonchev–Trinajstić information content (AvgIpc) is 3.08. The van der Waals surface area contributed by atoms with Crippen molar-refractivity contribution in [3.8, 4) is 0 Å². The highest BCUT2D eigenvalue weighted by molar-refractivity contribution is 9.10. The first-order valence-electron chi connectivity index (χ1n) is 6.38. The van der Waals surface area contributed by atoms with E-state index in [1.54, 1.807) is 6.07 Å². The molecule has 2 rings (SSSR count). The van der Waals surface area contributed by atoms with Crippen molar-refractivity contribution in [3.05, 3.63) is 22.4 Å². The highest BCUT2D eigenvalue weighted by atomic mass is 79.9. The maximum absolute atomic E-state index is 12.1. The molecule has 1 aliphatic carbocycles. The number of halogens is 1. The third kappa shape index (κ3) is 3.83. The molecule has 1 saturated carbocycles. The molecule has 0 radical (unpaired) electrons. The van der Waals surface area contributed by atoms with Gasteiger partial charge in [0.15, 0.2) is 0 Å². The number of carboxylic acid groups (broad SMARTS) is 1. The second kappa shape index (κ2) is 5.57. The van der Waals surface area contributed by atoms with Crippen molar-refractivity contribution in [3.63, 3.8) is 0 Å². The summed E-state index contributed by atoms with van der Waals surface area (Å²) >= 11 is 3.34. The fraction of sp³-hybridized carbons (Fsp3) is 0.538. The largest absolute Gasteiger partial charge is 0.481 e. The van der Waals surface area contributed by atoms with Crippen LogP contribution in [0.2, 0.25) is 0 Å². The van der Waals surface area contributed by atoms with Crippen LogP contribution in [-0.2, 0) is 4.79 Å². The van der Waals surface area contributed by atoms with E-state index in [2.05, 4.69) is 21.2 Å². The fourth-order valence-electron chi connectivity index (χ4n) is 2.03. The molecule has 1 aliphatic rings. The SMILES string of the molecule is CC(O)(CNC(=O)c1cc(Br)cn1C1CC1)CC(=O)O. The Morgan fingerprint density at radius 3 is 2.75 bits per heavy atom. The highest BCUT2D eigenvalue weighted by Gasteiger charge is 2.29. The van der Waals surface area contributed by atoms with Gasteiger partial charge in [-0.1, -0.05) is 0 Å². The number of nitrogens with zero attached hydrogens (tertiary/aromatic N) is 1. The minimum atomic E-state index is -1.46. The smallest absolute Gasteiger partial charge is 0.306 e. The third-order valence-electron chi connectivity index (χ3n) is 3.15. The summed E-state index contributed by atoms with van der Waals surface area (Å²) in [5.74, 6) is -1.42. The Morgan fingerprint density at radius 1 is 1.55 bits per heavy atom. The number of nitrogens with one attached hydrogen (secondary N) is 1. The molecule has 20 heavy (non-hydrogen) atoms. The number of carbonyl (C=O) groups excluding carboxylic acids is 1. The van der Waals surface area contributed by atoms with Crippen LogP contribution in [0.3, 0.4) is 0 Å². The van der Waals surface area contributed by atoms with Crippen molar-refractivity contribution < 1.29 is 19.8 Å². The summed E-state index contributed by atoms with van der Waals surface area (Å²) in [5.41, 5.74) is -0.944. The molecule has 1 unspecified atom stereocenters. The van der Waals surface area contributed by atoms with E-state index in [0.717, 1.165) is 17.3 Å². The predicted molar refractivity (Wildman–Crippen MR) is 75.6 cm³/mol. The molecule has 0 bridgehead atoms. The zero-order valence-corrected chi connectivity index (χ0v) is 12.7. The van der Waals surface area contributed by atoms with Gasteiger partial charge in [-0.25, -0.2) is 0 Å². The molecule has 110 valence electrons. The molecule has 1 atom stereocenters. The Morgan fingerprint density at radius 2 is 2.20 bits per heavy atom. The van der Waals surface area contributed by atoms with Crippen LogP contribution in [-0.4, -0.2) is 38.8 Å². The predicted octanol–water partition coefficient (Wildman–Crippen LogP) is 1.54. The van der Waals surface area contributed by atoms with Crippen LogP contribution in [0.5, 0.6) is 0 Å². The first-order chi connectivity index (χ1) is 9.28. The molecule has 1 aromatic rings.